The molecule has 2 aliphatic rings. The zero-order chi connectivity index (χ0) is 12.1. The van der Waals surface area contributed by atoms with Gasteiger partial charge < -0.3 is 9.57 Å². The second-order valence-electron chi connectivity index (χ2n) is 4.79. The Morgan fingerprint density at radius 1 is 1.00 bits per heavy atom. The topological polar surface area (TPSA) is 43.2 Å². The van der Waals surface area contributed by atoms with Crippen LogP contribution < -0.4 is 0 Å². The largest absolute Gasteiger partial charge is 0.454 e. The molecule has 0 aromatic heterocycles. The summed E-state index contributed by atoms with van der Waals surface area (Å²) in [4.78, 5) is 8.62. The van der Waals surface area contributed by atoms with Crippen LogP contribution in [0.3, 0.4) is 0 Å². The number of rotatable bonds is 0. The van der Waals surface area contributed by atoms with Gasteiger partial charge in [-0.25, -0.2) is 4.99 Å². The number of allylic oxidation sites excluding steroid dienone is 1. The fraction of sp³-hybridized carbons (Fsp3) is 0.500. The Balaban J connectivity index is 0.000000160. The fourth-order valence-corrected chi connectivity index (χ4v) is 0.900. The van der Waals surface area contributed by atoms with Gasteiger partial charge in [-0.1, -0.05) is 19.0 Å². The van der Waals surface area contributed by atoms with Gasteiger partial charge in [-0.2, -0.15) is 0 Å². The van der Waals surface area contributed by atoms with Gasteiger partial charge in [0.15, 0.2) is 6.40 Å². The van der Waals surface area contributed by atoms with Gasteiger partial charge in [-0.15, -0.1) is 0 Å². The number of hydrogen-bond donors (Lipinski definition) is 0. The molecular formula is C12H18N2O2. The van der Waals surface area contributed by atoms with Crippen molar-refractivity contribution in [3.8, 4) is 0 Å². The summed E-state index contributed by atoms with van der Waals surface area (Å²) in [6, 6.07) is 0. The molecule has 4 nitrogen and oxygen atoms in total. The zero-order valence-electron chi connectivity index (χ0n) is 10.2. The first-order valence-electron chi connectivity index (χ1n) is 5.16. The van der Waals surface area contributed by atoms with E-state index in [0.717, 1.165) is 0 Å². The van der Waals surface area contributed by atoms with Crippen LogP contribution in [0, 0.1) is 5.41 Å². The van der Waals surface area contributed by atoms with Crippen LogP contribution in [0.25, 0.3) is 0 Å². The smallest absolute Gasteiger partial charge is 0.176 e. The second-order valence-corrected chi connectivity index (χ2v) is 4.79. The van der Waals surface area contributed by atoms with Crippen LogP contribution in [0.15, 0.2) is 34.8 Å². The summed E-state index contributed by atoms with van der Waals surface area (Å²) in [6.07, 6.45) is 10.3. The summed E-state index contributed by atoms with van der Waals surface area (Å²) in [7, 11) is 0. The van der Waals surface area contributed by atoms with Crippen molar-refractivity contribution in [1.82, 2.24) is 0 Å². The molecule has 0 saturated heterocycles. The van der Waals surface area contributed by atoms with Crippen LogP contribution in [0.1, 0.15) is 27.7 Å². The van der Waals surface area contributed by atoms with Crippen LogP contribution >= 0.6 is 0 Å². The van der Waals surface area contributed by atoms with E-state index in [1.807, 2.05) is 26.0 Å². The highest BCUT2D eigenvalue weighted by Gasteiger charge is 2.12. The zero-order valence-corrected chi connectivity index (χ0v) is 10.2. The van der Waals surface area contributed by atoms with Gasteiger partial charge in [0.1, 0.15) is 6.26 Å². The van der Waals surface area contributed by atoms with Crippen LogP contribution in [0.2, 0.25) is 0 Å². The number of ether oxygens (including phenoxy) is 1. The van der Waals surface area contributed by atoms with Crippen molar-refractivity contribution >= 4 is 12.6 Å². The molecule has 0 amide bonds. The lowest BCUT2D eigenvalue weighted by molar-refractivity contribution is 0.254. The van der Waals surface area contributed by atoms with Crippen molar-refractivity contribution in [2.75, 3.05) is 0 Å². The van der Waals surface area contributed by atoms with Gasteiger partial charge in [0.25, 0.3) is 0 Å². The van der Waals surface area contributed by atoms with Crippen LogP contribution in [0.5, 0.6) is 0 Å². The summed E-state index contributed by atoms with van der Waals surface area (Å²) >= 11 is 0. The number of aliphatic imine (C=N–C) groups is 1. The van der Waals surface area contributed by atoms with Crippen molar-refractivity contribution < 1.29 is 9.57 Å². The average Bonchev–Trinajstić information content (AvgIpc) is 2.17. The van der Waals surface area contributed by atoms with Gasteiger partial charge in [0.2, 0.25) is 0 Å². The molecule has 0 aromatic carbocycles. The van der Waals surface area contributed by atoms with Gasteiger partial charge in [0, 0.05) is 5.41 Å². The minimum Gasteiger partial charge on any atom is -0.454 e. The molecule has 2 rings (SSSR count). The summed E-state index contributed by atoms with van der Waals surface area (Å²) in [5.41, 5.74) is 0.0243. The quantitative estimate of drug-likeness (QED) is 0.632. The minimum atomic E-state index is -0.0573. The molecule has 0 saturated carbocycles. The van der Waals surface area contributed by atoms with E-state index in [4.69, 9.17) is 4.74 Å². The Hall–Kier alpha value is -1.58. The van der Waals surface area contributed by atoms with Crippen molar-refractivity contribution in [1.29, 1.82) is 0 Å². The lowest BCUT2D eigenvalue weighted by atomic mass is 9.96. The van der Waals surface area contributed by atoms with Crippen molar-refractivity contribution in [2.45, 2.75) is 33.2 Å². The van der Waals surface area contributed by atoms with Crippen LogP contribution in [-0.4, -0.2) is 18.2 Å². The summed E-state index contributed by atoms with van der Waals surface area (Å²) in [6.45, 7) is 8.16. The van der Waals surface area contributed by atoms with E-state index in [0.29, 0.717) is 0 Å². The Bertz CT molecular complexity index is 277. The normalized spacial score (nSPS) is 22.8. The third-order valence-corrected chi connectivity index (χ3v) is 2.01. The number of hydrogen-bond acceptors (Lipinski definition) is 4. The fourth-order valence-electron chi connectivity index (χ4n) is 0.900. The molecule has 0 radical (unpaired) electrons. The Morgan fingerprint density at radius 2 is 1.75 bits per heavy atom. The third kappa shape index (κ3) is 4.77. The molecule has 0 fully saturated rings. The molecule has 2 heterocycles. The molecule has 0 unspecified atom stereocenters. The first kappa shape index (κ1) is 12.5. The molecule has 0 aromatic rings. The Kier molecular flexibility index (Phi) is 3.88. The summed E-state index contributed by atoms with van der Waals surface area (Å²) in [5, 5.41) is 3.62. The molecule has 88 valence electrons. The van der Waals surface area contributed by atoms with E-state index in [1.165, 1.54) is 6.40 Å². The standard InChI is InChI=1S/2C6H9NO/c1-6(2)3-4-8-5-7-6;1-6(2)3-4-8-7-5-6/h2*3-5H,1-2H3. The van der Waals surface area contributed by atoms with Gasteiger partial charge in [0.05, 0.1) is 18.0 Å². The molecule has 0 N–H and O–H groups in total. The third-order valence-electron chi connectivity index (χ3n) is 2.01. The van der Waals surface area contributed by atoms with E-state index >= 15 is 0 Å². The Labute approximate surface area is 96.3 Å². The van der Waals surface area contributed by atoms with Crippen molar-refractivity contribution in [3.05, 3.63) is 24.7 Å². The lowest BCUT2D eigenvalue weighted by Gasteiger charge is -2.15. The molecular weight excluding hydrogens is 204 g/mol. The van der Waals surface area contributed by atoms with Gasteiger partial charge in [-0.3, -0.25) is 0 Å². The highest BCUT2D eigenvalue weighted by molar-refractivity contribution is 5.67. The average molecular weight is 222 g/mol. The molecule has 0 atom stereocenters. The monoisotopic (exact) mass is 222 g/mol. The highest BCUT2D eigenvalue weighted by atomic mass is 16.6. The van der Waals surface area contributed by atoms with E-state index < -0.39 is 0 Å². The van der Waals surface area contributed by atoms with Crippen LogP contribution in [0.4, 0.5) is 0 Å². The van der Waals surface area contributed by atoms with E-state index in [-0.39, 0.29) is 11.0 Å². The maximum atomic E-state index is 4.73. The van der Waals surface area contributed by atoms with E-state index in [9.17, 15) is 0 Å². The number of oxime groups is 1. The van der Waals surface area contributed by atoms with Crippen molar-refractivity contribution in [3.63, 3.8) is 0 Å². The Morgan fingerprint density at radius 3 is 2.00 bits per heavy atom. The minimum absolute atomic E-state index is 0.0573. The second kappa shape index (κ2) is 4.96. The van der Waals surface area contributed by atoms with Gasteiger partial charge >= 0.3 is 0 Å². The first-order valence-corrected chi connectivity index (χ1v) is 5.16. The first-order chi connectivity index (χ1) is 7.41. The maximum Gasteiger partial charge on any atom is 0.176 e. The van der Waals surface area contributed by atoms with E-state index in [1.54, 1.807) is 18.7 Å². The van der Waals surface area contributed by atoms with E-state index in [2.05, 4.69) is 28.8 Å². The summed E-state index contributed by atoms with van der Waals surface area (Å²) in [5.74, 6) is 0. The lowest BCUT2D eigenvalue weighted by Crippen LogP contribution is -2.15. The highest BCUT2D eigenvalue weighted by Crippen LogP contribution is 2.16. The molecule has 0 aliphatic carbocycles. The maximum absolute atomic E-state index is 4.73. The summed E-state index contributed by atoms with van der Waals surface area (Å²) < 4.78 is 4.73. The van der Waals surface area contributed by atoms with Crippen LogP contribution in [-0.2, 0) is 9.57 Å². The number of nitrogens with zero attached hydrogens (tertiary/aromatic N) is 2. The predicted molar refractivity (Wildman–Crippen MR) is 65.3 cm³/mol. The van der Waals surface area contributed by atoms with Gasteiger partial charge in [-0.05, 0) is 26.0 Å². The molecule has 0 bridgehead atoms. The molecule has 2 aliphatic heterocycles. The SMILES string of the molecule is CC1(C)C=COC=N1.CC1(C)C=CON=C1. The molecule has 4 heteroatoms. The predicted octanol–water partition coefficient (Wildman–Crippen LogP) is 2.88. The van der Waals surface area contributed by atoms with Crippen molar-refractivity contribution in [2.24, 2.45) is 15.6 Å². The molecule has 0 spiro atoms. The molecule has 16 heavy (non-hydrogen) atoms.